The van der Waals surface area contributed by atoms with Gasteiger partial charge in [0.05, 0.1) is 24.5 Å². The summed E-state index contributed by atoms with van der Waals surface area (Å²) in [6.45, 7) is 6.47. The molecule has 252 valence electrons. The minimum Gasteiger partial charge on any atom is -0.465 e. The Morgan fingerprint density at radius 3 is 1.98 bits per heavy atom. The molecule has 0 amide bonds. The Kier molecular flexibility index (Phi) is 20.5. The quantitative estimate of drug-likeness (QED) is 0.0803. The Morgan fingerprint density at radius 1 is 0.767 bits per heavy atom. The van der Waals surface area contributed by atoms with Crippen molar-refractivity contribution in [2.24, 2.45) is 17.3 Å². The van der Waals surface area contributed by atoms with E-state index in [1.54, 1.807) is 0 Å². The Labute approximate surface area is 264 Å². The van der Waals surface area contributed by atoms with Crippen LogP contribution in [-0.2, 0) is 28.5 Å². The van der Waals surface area contributed by atoms with Crippen molar-refractivity contribution in [3.05, 3.63) is 0 Å². The van der Waals surface area contributed by atoms with Crippen LogP contribution in [-0.4, -0.2) is 70.2 Å². The lowest BCUT2D eigenvalue weighted by Gasteiger charge is -2.39. The second kappa shape index (κ2) is 23.2. The van der Waals surface area contributed by atoms with Gasteiger partial charge in [0.2, 0.25) is 0 Å². The van der Waals surface area contributed by atoms with E-state index >= 15 is 0 Å². The van der Waals surface area contributed by atoms with Gasteiger partial charge in [0.1, 0.15) is 13.2 Å². The highest BCUT2D eigenvalue weighted by atomic mass is 16.7. The van der Waals surface area contributed by atoms with Crippen molar-refractivity contribution >= 4 is 11.9 Å². The van der Waals surface area contributed by atoms with Crippen LogP contribution in [0.1, 0.15) is 149 Å². The fraction of sp³-hybridized carbons (Fsp3) is 0.944. The third-order valence-corrected chi connectivity index (χ3v) is 9.38. The Hall–Kier alpha value is -1.18. The van der Waals surface area contributed by atoms with E-state index in [2.05, 4.69) is 32.8 Å². The van der Waals surface area contributed by atoms with E-state index in [9.17, 15) is 9.59 Å². The fourth-order valence-electron chi connectivity index (χ4n) is 6.39. The number of ether oxygens (including phenoxy) is 4. The molecule has 0 bridgehead atoms. The van der Waals surface area contributed by atoms with Gasteiger partial charge in [-0.15, -0.1) is 0 Å². The normalized spacial score (nSPS) is 22.0. The highest BCUT2D eigenvalue weighted by Crippen LogP contribution is 2.30. The van der Waals surface area contributed by atoms with Crippen LogP contribution >= 0.6 is 0 Å². The number of esters is 2. The molecule has 1 aliphatic heterocycles. The van der Waals surface area contributed by atoms with Crippen molar-refractivity contribution in [2.75, 3.05) is 47.1 Å². The number of hydrogen-bond donors (Lipinski definition) is 0. The molecule has 0 radical (unpaired) electrons. The molecule has 0 N–H and O–H groups in total. The van der Waals surface area contributed by atoms with E-state index in [4.69, 9.17) is 18.9 Å². The maximum absolute atomic E-state index is 13.4. The molecule has 2 fully saturated rings. The third kappa shape index (κ3) is 17.2. The molecule has 2 rings (SSSR count). The smallest absolute Gasteiger partial charge is 0.308 e. The first-order chi connectivity index (χ1) is 20.9. The van der Waals surface area contributed by atoms with Crippen LogP contribution in [0.25, 0.3) is 0 Å². The third-order valence-electron chi connectivity index (χ3n) is 9.38. The van der Waals surface area contributed by atoms with E-state index in [1.807, 2.05) is 0 Å². The molecule has 1 heterocycles. The van der Waals surface area contributed by atoms with Gasteiger partial charge in [-0.25, -0.2) is 0 Å². The maximum Gasteiger partial charge on any atom is 0.308 e. The summed E-state index contributed by atoms with van der Waals surface area (Å²) in [6, 6.07) is 0. The zero-order valence-electron chi connectivity index (χ0n) is 28.5. The van der Waals surface area contributed by atoms with Crippen molar-refractivity contribution in [1.29, 1.82) is 0 Å². The molecule has 1 unspecified atom stereocenters. The molecule has 0 aromatic heterocycles. The number of hydrogen-bond acceptors (Lipinski definition) is 7. The highest BCUT2D eigenvalue weighted by molar-refractivity contribution is 5.72. The van der Waals surface area contributed by atoms with Crippen LogP contribution in [0, 0.1) is 17.3 Å². The molecule has 7 nitrogen and oxygen atoms in total. The zero-order valence-corrected chi connectivity index (χ0v) is 28.5. The van der Waals surface area contributed by atoms with Gasteiger partial charge in [-0.2, -0.15) is 0 Å². The molecule has 7 heteroatoms. The topological polar surface area (TPSA) is 74.3 Å². The number of rotatable bonds is 24. The number of carbonyl (C=O) groups excluding carboxylic acids is 2. The van der Waals surface area contributed by atoms with Crippen molar-refractivity contribution in [2.45, 2.75) is 155 Å². The first kappa shape index (κ1) is 38.0. The Balaban J connectivity index is 1.92. The summed E-state index contributed by atoms with van der Waals surface area (Å²) in [4.78, 5) is 28.3. The Bertz CT molecular complexity index is 715. The van der Waals surface area contributed by atoms with Gasteiger partial charge >= 0.3 is 11.9 Å². The monoisotopic (exact) mass is 609 g/mol. The molecule has 1 saturated heterocycles. The summed E-state index contributed by atoms with van der Waals surface area (Å²) < 4.78 is 24.1. The predicted molar refractivity (Wildman–Crippen MR) is 174 cm³/mol. The number of unbranched alkanes of at least 4 members (excludes halogenated alkanes) is 8. The van der Waals surface area contributed by atoms with E-state index in [-0.39, 0.29) is 37.4 Å². The lowest BCUT2D eigenvalue weighted by Crippen LogP contribution is -2.49. The standard InChI is InChI=1S/C36H67NO6/c1-5-7-9-11-12-17-22-32(21-16-10-8-6-2)35(39)43-30-36(28-41-34(42-29-36)23-18-26-37(3)4)27-40-33(38)25-24-31-19-14-13-15-20-31/h31-32,34H,5-30H2,1-4H3. The second-order valence-corrected chi connectivity index (χ2v) is 13.9. The molecule has 2 aliphatic rings. The van der Waals surface area contributed by atoms with Crippen LogP contribution in [0.2, 0.25) is 0 Å². The molecule has 1 atom stereocenters. The summed E-state index contributed by atoms with van der Waals surface area (Å²) in [5, 5.41) is 0. The van der Waals surface area contributed by atoms with Gasteiger partial charge in [0, 0.05) is 6.42 Å². The molecule has 0 aromatic rings. The Morgan fingerprint density at radius 2 is 1.35 bits per heavy atom. The number of nitrogens with zero attached hydrogens (tertiary/aromatic N) is 1. The largest absolute Gasteiger partial charge is 0.465 e. The SMILES string of the molecule is CCCCCCCCC(CCCCCC)C(=O)OCC1(COC(=O)CCC2CCCCC2)COC(CCCN(C)C)OC1. The summed E-state index contributed by atoms with van der Waals surface area (Å²) in [7, 11) is 4.13. The predicted octanol–water partition coefficient (Wildman–Crippen LogP) is 8.47. The number of carbonyl (C=O) groups is 2. The van der Waals surface area contributed by atoms with Gasteiger partial charge in [-0.05, 0) is 58.7 Å². The van der Waals surface area contributed by atoms with Crippen molar-refractivity contribution in [1.82, 2.24) is 4.90 Å². The average Bonchev–Trinajstić information content (AvgIpc) is 3.02. The lowest BCUT2D eigenvalue weighted by atomic mass is 9.86. The molecular formula is C36H67NO6. The molecule has 1 aliphatic carbocycles. The maximum atomic E-state index is 13.4. The van der Waals surface area contributed by atoms with Crippen LogP contribution < -0.4 is 0 Å². The van der Waals surface area contributed by atoms with Gasteiger partial charge in [0.25, 0.3) is 0 Å². The van der Waals surface area contributed by atoms with Crippen LogP contribution in [0.5, 0.6) is 0 Å². The van der Waals surface area contributed by atoms with Gasteiger partial charge < -0.3 is 23.8 Å². The minimum atomic E-state index is -0.666. The molecule has 43 heavy (non-hydrogen) atoms. The first-order valence-electron chi connectivity index (χ1n) is 18.1. The average molecular weight is 610 g/mol. The van der Waals surface area contributed by atoms with Crippen molar-refractivity contribution in [3.8, 4) is 0 Å². The summed E-state index contributed by atoms with van der Waals surface area (Å²) in [5.74, 6) is 0.297. The minimum absolute atomic E-state index is 0.0673. The fourth-order valence-corrected chi connectivity index (χ4v) is 6.39. The molecule has 0 aromatic carbocycles. The zero-order chi connectivity index (χ0) is 31.2. The van der Waals surface area contributed by atoms with Crippen LogP contribution in [0.15, 0.2) is 0 Å². The van der Waals surface area contributed by atoms with E-state index in [0.717, 1.165) is 57.9 Å². The van der Waals surface area contributed by atoms with Gasteiger partial charge in [0.15, 0.2) is 6.29 Å². The van der Waals surface area contributed by atoms with Crippen LogP contribution in [0.3, 0.4) is 0 Å². The van der Waals surface area contributed by atoms with Crippen LogP contribution in [0.4, 0.5) is 0 Å². The van der Waals surface area contributed by atoms with E-state index in [0.29, 0.717) is 25.6 Å². The van der Waals surface area contributed by atoms with Crippen molar-refractivity contribution < 1.29 is 28.5 Å². The molecular weight excluding hydrogens is 542 g/mol. The second-order valence-electron chi connectivity index (χ2n) is 13.9. The van der Waals surface area contributed by atoms with E-state index < -0.39 is 5.41 Å². The lowest BCUT2D eigenvalue weighted by molar-refractivity contribution is -0.250. The van der Waals surface area contributed by atoms with Gasteiger partial charge in [-0.1, -0.05) is 110 Å². The van der Waals surface area contributed by atoms with Crippen molar-refractivity contribution in [3.63, 3.8) is 0 Å². The highest BCUT2D eigenvalue weighted by Gasteiger charge is 2.40. The first-order valence-corrected chi connectivity index (χ1v) is 18.1. The summed E-state index contributed by atoms with van der Waals surface area (Å²) in [5.41, 5.74) is -0.666. The van der Waals surface area contributed by atoms with E-state index in [1.165, 1.54) is 77.0 Å². The van der Waals surface area contributed by atoms with Gasteiger partial charge in [-0.3, -0.25) is 9.59 Å². The summed E-state index contributed by atoms with van der Waals surface area (Å²) >= 11 is 0. The summed E-state index contributed by atoms with van der Waals surface area (Å²) in [6.07, 6.45) is 22.9. The molecule has 0 spiro atoms. The molecule has 1 saturated carbocycles.